The number of hydrogen-bond acceptors (Lipinski definition) is 2. The van der Waals surface area contributed by atoms with E-state index in [2.05, 4.69) is 45.6 Å². The molecule has 3 nitrogen and oxygen atoms in total. The zero-order chi connectivity index (χ0) is 15.3. The Hall–Kier alpha value is -0.820. The van der Waals surface area contributed by atoms with Crippen LogP contribution in [0.5, 0.6) is 0 Å². The quantitative estimate of drug-likeness (QED) is 0.763. The summed E-state index contributed by atoms with van der Waals surface area (Å²) in [5.41, 5.74) is 2.14. The lowest BCUT2D eigenvalue weighted by Gasteiger charge is -2.29. The van der Waals surface area contributed by atoms with Crippen molar-refractivity contribution in [3.05, 3.63) is 15.9 Å². The molecule has 0 radical (unpaired) electrons. The molecule has 1 heterocycles. The molecular weight excluding hydrogens is 326 g/mol. The minimum absolute atomic E-state index is 0.194. The van der Waals surface area contributed by atoms with Gasteiger partial charge >= 0.3 is 0 Å². The molecule has 21 heavy (non-hydrogen) atoms. The van der Waals surface area contributed by atoms with Gasteiger partial charge in [-0.2, -0.15) is 10.4 Å². The Bertz CT molecular complexity index is 505. The van der Waals surface area contributed by atoms with Gasteiger partial charge < -0.3 is 0 Å². The number of hydrogen-bond donors (Lipinski definition) is 0. The van der Waals surface area contributed by atoms with Gasteiger partial charge in [0.1, 0.15) is 0 Å². The van der Waals surface area contributed by atoms with Crippen LogP contribution in [-0.4, -0.2) is 9.78 Å². The molecule has 0 atom stereocenters. The fraction of sp³-hybridized carbons (Fsp3) is 0.765. The van der Waals surface area contributed by atoms with Crippen LogP contribution in [-0.2, 0) is 19.4 Å². The van der Waals surface area contributed by atoms with Crippen molar-refractivity contribution < 1.29 is 0 Å². The van der Waals surface area contributed by atoms with Gasteiger partial charge in [-0.25, -0.2) is 0 Å². The number of aromatic nitrogens is 2. The molecule has 0 aromatic carbocycles. The SMILES string of the molecule is CCc1nn(CC)c(CC2(C#N)CCCCCCC2)c1Br. The Morgan fingerprint density at radius 1 is 1.19 bits per heavy atom. The first-order valence-corrected chi connectivity index (χ1v) is 9.10. The largest absolute Gasteiger partial charge is 0.268 e. The van der Waals surface area contributed by atoms with E-state index < -0.39 is 0 Å². The van der Waals surface area contributed by atoms with Gasteiger partial charge in [0.05, 0.1) is 27.3 Å². The lowest BCUT2D eigenvalue weighted by atomic mass is 9.74. The topological polar surface area (TPSA) is 41.6 Å². The van der Waals surface area contributed by atoms with Gasteiger partial charge in [0, 0.05) is 13.0 Å². The highest BCUT2D eigenvalue weighted by Gasteiger charge is 2.33. The number of nitrogens with zero attached hydrogens (tertiary/aromatic N) is 3. The van der Waals surface area contributed by atoms with Gasteiger partial charge in [-0.05, 0) is 42.1 Å². The third-order valence-electron chi connectivity index (χ3n) is 4.75. The normalized spacial score (nSPS) is 18.8. The molecule has 0 N–H and O–H groups in total. The summed E-state index contributed by atoms with van der Waals surface area (Å²) in [4.78, 5) is 0. The minimum Gasteiger partial charge on any atom is -0.268 e. The Labute approximate surface area is 136 Å². The summed E-state index contributed by atoms with van der Waals surface area (Å²) in [7, 11) is 0. The monoisotopic (exact) mass is 351 g/mol. The molecule has 1 aromatic rings. The second-order valence-corrected chi connectivity index (χ2v) is 7.01. The third-order valence-corrected chi connectivity index (χ3v) is 5.66. The lowest BCUT2D eigenvalue weighted by molar-refractivity contribution is 0.280. The van der Waals surface area contributed by atoms with Crippen molar-refractivity contribution in [2.75, 3.05) is 0 Å². The molecule has 1 aliphatic carbocycles. The van der Waals surface area contributed by atoms with Crippen LogP contribution >= 0.6 is 15.9 Å². The zero-order valence-corrected chi connectivity index (χ0v) is 14.9. The Balaban J connectivity index is 2.29. The molecular formula is C17H26BrN3. The van der Waals surface area contributed by atoms with Gasteiger partial charge in [-0.15, -0.1) is 0 Å². The maximum Gasteiger partial charge on any atom is 0.0766 e. The predicted molar refractivity (Wildman–Crippen MR) is 89.0 cm³/mol. The summed E-state index contributed by atoms with van der Waals surface area (Å²) in [5, 5.41) is 14.5. The molecule has 0 amide bonds. The van der Waals surface area contributed by atoms with Crippen LogP contribution in [0.3, 0.4) is 0 Å². The van der Waals surface area contributed by atoms with E-state index in [1.165, 1.54) is 37.8 Å². The molecule has 1 saturated carbocycles. The van der Waals surface area contributed by atoms with Crippen LogP contribution in [0, 0.1) is 16.7 Å². The van der Waals surface area contributed by atoms with Crippen molar-refractivity contribution in [3.63, 3.8) is 0 Å². The van der Waals surface area contributed by atoms with Crippen molar-refractivity contribution in [1.29, 1.82) is 5.26 Å². The number of nitriles is 1. The summed E-state index contributed by atoms with van der Waals surface area (Å²) in [6, 6.07) is 2.68. The van der Waals surface area contributed by atoms with E-state index in [0.717, 1.165) is 42.4 Å². The summed E-state index contributed by atoms with van der Waals surface area (Å²) < 4.78 is 3.21. The van der Waals surface area contributed by atoms with Crippen molar-refractivity contribution in [2.24, 2.45) is 5.41 Å². The van der Waals surface area contributed by atoms with Crippen molar-refractivity contribution in [2.45, 2.75) is 78.2 Å². The third kappa shape index (κ3) is 3.69. The molecule has 0 spiro atoms. The second kappa shape index (κ2) is 7.45. The van der Waals surface area contributed by atoms with E-state index in [9.17, 15) is 5.26 Å². The lowest BCUT2D eigenvalue weighted by Crippen LogP contribution is -2.25. The number of rotatable bonds is 4. The van der Waals surface area contributed by atoms with E-state index in [1.807, 2.05) is 0 Å². The molecule has 116 valence electrons. The van der Waals surface area contributed by atoms with Gasteiger partial charge in [-0.3, -0.25) is 4.68 Å². The Kier molecular flexibility index (Phi) is 5.87. The molecule has 2 rings (SSSR count). The van der Waals surface area contributed by atoms with Crippen molar-refractivity contribution in [1.82, 2.24) is 9.78 Å². The van der Waals surface area contributed by atoms with E-state index >= 15 is 0 Å². The van der Waals surface area contributed by atoms with Gasteiger partial charge in [-0.1, -0.05) is 39.0 Å². The number of aryl methyl sites for hydroxylation is 2. The van der Waals surface area contributed by atoms with Gasteiger partial charge in [0.2, 0.25) is 0 Å². The molecule has 1 fully saturated rings. The van der Waals surface area contributed by atoms with Crippen LogP contribution in [0.25, 0.3) is 0 Å². The molecule has 1 aromatic heterocycles. The summed E-state index contributed by atoms with van der Waals surface area (Å²) in [6.07, 6.45) is 10.1. The highest BCUT2D eigenvalue weighted by Crippen LogP contribution is 2.39. The highest BCUT2D eigenvalue weighted by atomic mass is 79.9. The van der Waals surface area contributed by atoms with Crippen LogP contribution in [0.15, 0.2) is 4.47 Å². The average molecular weight is 352 g/mol. The summed E-state index contributed by atoms with van der Waals surface area (Å²) in [5.74, 6) is 0. The van der Waals surface area contributed by atoms with Crippen molar-refractivity contribution in [3.8, 4) is 6.07 Å². The molecule has 0 aliphatic heterocycles. The zero-order valence-electron chi connectivity index (χ0n) is 13.3. The van der Waals surface area contributed by atoms with E-state index in [1.54, 1.807) is 0 Å². The van der Waals surface area contributed by atoms with Crippen LogP contribution in [0.1, 0.15) is 70.2 Å². The van der Waals surface area contributed by atoms with Crippen LogP contribution < -0.4 is 0 Å². The first kappa shape index (κ1) is 16.5. The molecule has 0 saturated heterocycles. The first-order chi connectivity index (χ1) is 10.2. The molecule has 4 heteroatoms. The second-order valence-electron chi connectivity index (χ2n) is 6.21. The smallest absolute Gasteiger partial charge is 0.0766 e. The molecule has 0 bridgehead atoms. The number of halogens is 1. The highest BCUT2D eigenvalue weighted by molar-refractivity contribution is 9.10. The summed E-state index contributed by atoms with van der Waals surface area (Å²) >= 11 is 3.73. The standard InChI is InChI=1S/C17H26BrN3/c1-3-14-16(18)15(21(4-2)20-14)12-17(13-19)10-8-6-5-7-9-11-17/h3-12H2,1-2H3. The van der Waals surface area contributed by atoms with Crippen LogP contribution in [0.2, 0.25) is 0 Å². The van der Waals surface area contributed by atoms with Crippen LogP contribution in [0.4, 0.5) is 0 Å². The molecule has 1 aliphatic rings. The predicted octanol–water partition coefficient (Wildman–Crippen LogP) is 5.02. The van der Waals surface area contributed by atoms with Crippen molar-refractivity contribution >= 4 is 15.9 Å². The Morgan fingerprint density at radius 2 is 1.81 bits per heavy atom. The summed E-state index contributed by atoms with van der Waals surface area (Å²) in [6.45, 7) is 5.13. The first-order valence-electron chi connectivity index (χ1n) is 8.31. The van der Waals surface area contributed by atoms with E-state index in [-0.39, 0.29) is 5.41 Å². The van der Waals surface area contributed by atoms with E-state index in [0.29, 0.717) is 0 Å². The van der Waals surface area contributed by atoms with Gasteiger partial charge in [0.25, 0.3) is 0 Å². The maximum atomic E-state index is 9.84. The minimum atomic E-state index is -0.194. The maximum absolute atomic E-state index is 9.84. The Morgan fingerprint density at radius 3 is 2.33 bits per heavy atom. The fourth-order valence-corrected chi connectivity index (χ4v) is 4.12. The fourth-order valence-electron chi connectivity index (χ4n) is 3.42. The van der Waals surface area contributed by atoms with E-state index in [4.69, 9.17) is 0 Å². The average Bonchev–Trinajstić information content (AvgIpc) is 2.78. The molecule has 0 unspecified atom stereocenters. The van der Waals surface area contributed by atoms with Gasteiger partial charge in [0.15, 0.2) is 0 Å².